The molecule has 0 aliphatic carbocycles. The second kappa shape index (κ2) is 4.35. The molecule has 0 saturated heterocycles. The van der Waals surface area contributed by atoms with Crippen molar-refractivity contribution >= 4 is 5.91 Å². The van der Waals surface area contributed by atoms with Crippen LogP contribution in [0.2, 0.25) is 0 Å². The molecule has 0 bridgehead atoms. The molecular formula is C9H10NO3. The Bertz CT molecular complexity index is 299. The zero-order valence-corrected chi connectivity index (χ0v) is 7.24. The van der Waals surface area contributed by atoms with Crippen LogP contribution in [-0.4, -0.2) is 19.6 Å². The summed E-state index contributed by atoms with van der Waals surface area (Å²) in [6.45, 7) is -0.229. The van der Waals surface area contributed by atoms with Gasteiger partial charge in [-0.1, -0.05) is 6.07 Å². The largest absolute Gasteiger partial charge is 0.497 e. The number of methoxy groups -OCH3 is 1. The topological polar surface area (TPSA) is 59.3 Å². The van der Waals surface area contributed by atoms with Gasteiger partial charge in [0.2, 0.25) is 0 Å². The van der Waals surface area contributed by atoms with E-state index in [1.165, 1.54) is 0 Å². The number of hydrogen-bond donors (Lipinski definition) is 0. The third-order valence-corrected chi connectivity index (χ3v) is 1.41. The lowest BCUT2D eigenvalue weighted by atomic mass is 10.3. The Kier molecular flexibility index (Phi) is 3.14. The highest BCUT2D eigenvalue weighted by Crippen LogP contribution is 2.18. The van der Waals surface area contributed by atoms with E-state index in [1.54, 1.807) is 31.4 Å². The standard InChI is InChI=1S/C9H10NO3/c1-12-7-3-2-4-8(5-7)13-6-9(10)11/h2-5,10H,6H2,1H3. The lowest BCUT2D eigenvalue weighted by Crippen LogP contribution is -2.11. The van der Waals surface area contributed by atoms with Gasteiger partial charge in [0.25, 0.3) is 5.91 Å². The highest BCUT2D eigenvalue weighted by atomic mass is 16.5. The molecule has 0 heterocycles. The maximum absolute atomic E-state index is 10.3. The van der Waals surface area contributed by atoms with Crippen LogP contribution in [0.5, 0.6) is 11.5 Å². The first kappa shape index (κ1) is 9.38. The van der Waals surface area contributed by atoms with Gasteiger partial charge in [-0.25, -0.2) is 0 Å². The van der Waals surface area contributed by atoms with Crippen LogP contribution in [-0.2, 0) is 4.79 Å². The summed E-state index contributed by atoms with van der Waals surface area (Å²) in [5.41, 5.74) is 6.63. The van der Waals surface area contributed by atoms with Crippen molar-refractivity contribution in [1.82, 2.24) is 5.73 Å². The molecule has 1 aromatic rings. The normalized spacial score (nSPS) is 9.31. The van der Waals surface area contributed by atoms with Crippen LogP contribution in [0.4, 0.5) is 0 Å². The van der Waals surface area contributed by atoms with Crippen molar-refractivity contribution in [3.05, 3.63) is 24.3 Å². The Labute approximate surface area is 76.3 Å². The van der Waals surface area contributed by atoms with E-state index in [2.05, 4.69) is 0 Å². The molecule has 1 amide bonds. The van der Waals surface area contributed by atoms with Crippen LogP contribution in [0.15, 0.2) is 24.3 Å². The number of ether oxygens (including phenoxy) is 2. The van der Waals surface area contributed by atoms with Crippen LogP contribution in [0.25, 0.3) is 0 Å². The van der Waals surface area contributed by atoms with Crippen molar-refractivity contribution in [2.24, 2.45) is 0 Å². The Morgan fingerprint density at radius 1 is 1.46 bits per heavy atom. The van der Waals surface area contributed by atoms with Crippen molar-refractivity contribution in [2.75, 3.05) is 13.7 Å². The maximum atomic E-state index is 10.3. The Hall–Kier alpha value is -1.71. The van der Waals surface area contributed by atoms with Gasteiger partial charge < -0.3 is 9.47 Å². The summed E-state index contributed by atoms with van der Waals surface area (Å²) >= 11 is 0. The molecule has 0 fully saturated rings. The first-order chi connectivity index (χ1) is 6.22. The average molecular weight is 180 g/mol. The fourth-order valence-corrected chi connectivity index (χ4v) is 0.840. The van der Waals surface area contributed by atoms with Gasteiger partial charge in [-0.05, 0) is 12.1 Å². The van der Waals surface area contributed by atoms with Gasteiger partial charge >= 0.3 is 0 Å². The highest BCUT2D eigenvalue weighted by Gasteiger charge is 1.98. The van der Waals surface area contributed by atoms with Crippen molar-refractivity contribution < 1.29 is 14.3 Å². The first-order valence-corrected chi connectivity index (χ1v) is 3.73. The van der Waals surface area contributed by atoms with Gasteiger partial charge in [-0.15, -0.1) is 0 Å². The second-order valence-corrected chi connectivity index (χ2v) is 2.39. The Morgan fingerprint density at radius 3 is 2.77 bits per heavy atom. The van der Waals surface area contributed by atoms with E-state index in [9.17, 15) is 4.79 Å². The third kappa shape index (κ3) is 3.02. The lowest BCUT2D eigenvalue weighted by molar-refractivity contribution is -0.120. The van der Waals surface area contributed by atoms with E-state index in [0.29, 0.717) is 11.5 Å². The van der Waals surface area contributed by atoms with Gasteiger partial charge in [0.15, 0.2) is 6.61 Å². The predicted octanol–water partition coefficient (Wildman–Crippen LogP) is 0.883. The monoisotopic (exact) mass is 180 g/mol. The number of amides is 1. The molecule has 1 radical (unpaired) electrons. The molecule has 0 aromatic heterocycles. The number of nitrogens with one attached hydrogen (secondary N) is 1. The summed E-state index contributed by atoms with van der Waals surface area (Å²) in [4.78, 5) is 10.3. The summed E-state index contributed by atoms with van der Waals surface area (Å²) in [7, 11) is 1.55. The van der Waals surface area contributed by atoms with E-state index >= 15 is 0 Å². The van der Waals surface area contributed by atoms with E-state index in [0.717, 1.165) is 0 Å². The second-order valence-electron chi connectivity index (χ2n) is 2.39. The summed E-state index contributed by atoms with van der Waals surface area (Å²) in [5.74, 6) is 0.442. The van der Waals surface area contributed by atoms with Crippen LogP contribution < -0.4 is 15.2 Å². The number of hydrogen-bond acceptors (Lipinski definition) is 3. The summed E-state index contributed by atoms with van der Waals surface area (Å²) in [5, 5.41) is 0. The quantitative estimate of drug-likeness (QED) is 0.691. The zero-order valence-electron chi connectivity index (χ0n) is 7.24. The fraction of sp³-hybridized carbons (Fsp3) is 0.222. The molecule has 0 aliphatic rings. The van der Waals surface area contributed by atoms with Crippen molar-refractivity contribution in [2.45, 2.75) is 0 Å². The van der Waals surface area contributed by atoms with E-state index in [4.69, 9.17) is 15.2 Å². The van der Waals surface area contributed by atoms with Gasteiger partial charge in [0.1, 0.15) is 11.5 Å². The SMILES string of the molecule is COc1cccc(OCC([NH])=O)c1. The third-order valence-electron chi connectivity index (χ3n) is 1.41. The minimum absolute atomic E-state index is 0.229. The minimum Gasteiger partial charge on any atom is -0.497 e. The molecule has 0 unspecified atom stereocenters. The molecule has 0 atom stereocenters. The van der Waals surface area contributed by atoms with Crippen molar-refractivity contribution in [3.8, 4) is 11.5 Å². The zero-order chi connectivity index (χ0) is 9.68. The number of benzene rings is 1. The highest BCUT2D eigenvalue weighted by molar-refractivity contribution is 5.74. The van der Waals surface area contributed by atoms with Gasteiger partial charge in [-0.3, -0.25) is 10.5 Å². The van der Waals surface area contributed by atoms with E-state index in [-0.39, 0.29) is 6.61 Å². The van der Waals surface area contributed by atoms with Crippen molar-refractivity contribution in [1.29, 1.82) is 0 Å². The average Bonchev–Trinajstić information content (AvgIpc) is 2.15. The van der Waals surface area contributed by atoms with Gasteiger partial charge in [0.05, 0.1) is 7.11 Å². The summed E-state index contributed by atoms with van der Waals surface area (Å²) < 4.78 is 9.94. The predicted molar refractivity (Wildman–Crippen MR) is 46.6 cm³/mol. The molecule has 1 rings (SSSR count). The Morgan fingerprint density at radius 2 is 2.15 bits per heavy atom. The lowest BCUT2D eigenvalue weighted by Gasteiger charge is -2.04. The number of carbonyl (C=O) groups excluding carboxylic acids is 1. The van der Waals surface area contributed by atoms with Gasteiger partial charge in [-0.2, -0.15) is 0 Å². The maximum Gasteiger partial charge on any atom is 0.276 e. The molecule has 4 heteroatoms. The summed E-state index contributed by atoms with van der Waals surface area (Å²) in [6, 6.07) is 6.88. The first-order valence-electron chi connectivity index (χ1n) is 3.73. The molecule has 69 valence electrons. The summed E-state index contributed by atoms with van der Waals surface area (Å²) in [6.07, 6.45) is 0. The number of carbonyl (C=O) groups is 1. The molecule has 1 N–H and O–H groups in total. The molecular weight excluding hydrogens is 170 g/mol. The minimum atomic E-state index is -0.747. The molecule has 0 aliphatic heterocycles. The smallest absolute Gasteiger partial charge is 0.276 e. The van der Waals surface area contributed by atoms with Crippen LogP contribution in [0.3, 0.4) is 0 Å². The van der Waals surface area contributed by atoms with E-state index < -0.39 is 5.91 Å². The number of rotatable bonds is 4. The molecule has 13 heavy (non-hydrogen) atoms. The van der Waals surface area contributed by atoms with Crippen LogP contribution in [0, 0.1) is 0 Å². The molecule has 0 spiro atoms. The fourth-order valence-electron chi connectivity index (χ4n) is 0.840. The molecule has 0 saturated carbocycles. The van der Waals surface area contributed by atoms with Crippen LogP contribution in [0.1, 0.15) is 0 Å². The molecule has 4 nitrogen and oxygen atoms in total. The van der Waals surface area contributed by atoms with Gasteiger partial charge in [0, 0.05) is 6.07 Å². The van der Waals surface area contributed by atoms with Crippen molar-refractivity contribution in [3.63, 3.8) is 0 Å². The Balaban J connectivity index is 2.61. The van der Waals surface area contributed by atoms with E-state index in [1.807, 2.05) is 0 Å². The molecule has 1 aromatic carbocycles. The van der Waals surface area contributed by atoms with Crippen LogP contribution >= 0.6 is 0 Å².